The van der Waals surface area contributed by atoms with E-state index in [-0.39, 0.29) is 0 Å². The van der Waals surface area contributed by atoms with Crippen molar-refractivity contribution < 1.29 is 9.84 Å². The Kier molecular flexibility index (Phi) is 5.26. The molecule has 0 saturated carbocycles. The minimum absolute atomic E-state index is 0.319. The predicted octanol–water partition coefficient (Wildman–Crippen LogP) is 2.27. The highest BCUT2D eigenvalue weighted by molar-refractivity contribution is 5.41. The number of β-amino-alcohol motifs (C(OH)–C–C–N with tert-alkyl or cyclic N) is 1. The molecule has 1 aliphatic heterocycles. The Labute approximate surface area is 121 Å². The van der Waals surface area contributed by atoms with Crippen LogP contribution in [-0.4, -0.2) is 41.3 Å². The molecule has 1 aliphatic rings. The molecule has 2 rings (SSSR count). The number of piperidine rings is 1. The first kappa shape index (κ1) is 15.1. The third-order valence-electron chi connectivity index (χ3n) is 4.12. The molecule has 1 fully saturated rings. The van der Waals surface area contributed by atoms with Gasteiger partial charge in [-0.25, -0.2) is 0 Å². The van der Waals surface area contributed by atoms with Gasteiger partial charge >= 0.3 is 0 Å². The van der Waals surface area contributed by atoms with Crippen molar-refractivity contribution in [3.63, 3.8) is 0 Å². The SMILES string of the molecule is C[C@H]1CCC[C@H](C)N1C[C@H](O)COc1ccc(N)cc1. The molecule has 0 spiro atoms. The Hall–Kier alpha value is -1.26. The molecule has 4 nitrogen and oxygen atoms in total. The molecule has 3 atom stereocenters. The molecule has 0 amide bonds. The number of aliphatic hydroxyl groups is 1. The number of aliphatic hydroxyl groups excluding tert-OH is 1. The number of likely N-dealkylation sites (tertiary alicyclic amines) is 1. The van der Waals surface area contributed by atoms with E-state index < -0.39 is 6.10 Å². The lowest BCUT2D eigenvalue weighted by atomic mass is 9.97. The lowest BCUT2D eigenvalue weighted by Crippen LogP contribution is -2.48. The zero-order valence-corrected chi connectivity index (χ0v) is 12.5. The monoisotopic (exact) mass is 278 g/mol. The first-order chi connectivity index (χ1) is 9.56. The molecule has 0 radical (unpaired) electrons. The van der Waals surface area contributed by atoms with Crippen LogP contribution in [0.1, 0.15) is 33.1 Å². The molecule has 1 aromatic carbocycles. The normalized spacial score (nSPS) is 25.4. The van der Waals surface area contributed by atoms with E-state index >= 15 is 0 Å². The summed E-state index contributed by atoms with van der Waals surface area (Å²) in [5, 5.41) is 10.2. The van der Waals surface area contributed by atoms with E-state index in [1.807, 2.05) is 12.1 Å². The zero-order chi connectivity index (χ0) is 14.5. The van der Waals surface area contributed by atoms with E-state index in [0.29, 0.717) is 30.9 Å². The summed E-state index contributed by atoms with van der Waals surface area (Å²) in [6.45, 7) is 5.48. The standard InChI is InChI=1S/C16H26N2O2/c1-12-4-3-5-13(2)18(12)10-15(19)11-20-16-8-6-14(17)7-9-16/h6-9,12-13,15,19H,3-5,10-11,17H2,1-2H3/t12-,13-,15-/m0/s1. The van der Waals surface area contributed by atoms with Gasteiger partial charge in [0.15, 0.2) is 0 Å². The van der Waals surface area contributed by atoms with Crippen molar-refractivity contribution in [3.05, 3.63) is 24.3 Å². The summed E-state index contributed by atoms with van der Waals surface area (Å²) >= 11 is 0. The molecular formula is C16H26N2O2. The van der Waals surface area contributed by atoms with Crippen molar-refractivity contribution >= 4 is 5.69 Å². The number of hydrogen-bond donors (Lipinski definition) is 2. The van der Waals surface area contributed by atoms with Crippen molar-refractivity contribution in [3.8, 4) is 5.75 Å². The van der Waals surface area contributed by atoms with Crippen LogP contribution in [0, 0.1) is 0 Å². The van der Waals surface area contributed by atoms with Crippen LogP contribution in [0.15, 0.2) is 24.3 Å². The Balaban J connectivity index is 1.79. The van der Waals surface area contributed by atoms with Gasteiger partial charge in [0.1, 0.15) is 18.5 Å². The highest BCUT2D eigenvalue weighted by Crippen LogP contribution is 2.22. The Bertz CT molecular complexity index is 397. The molecule has 112 valence electrons. The second kappa shape index (κ2) is 6.95. The number of anilines is 1. The molecule has 3 N–H and O–H groups in total. The van der Waals surface area contributed by atoms with Crippen LogP contribution in [-0.2, 0) is 0 Å². The number of nitrogens with two attached hydrogens (primary N) is 1. The largest absolute Gasteiger partial charge is 0.491 e. The lowest BCUT2D eigenvalue weighted by Gasteiger charge is -2.40. The quantitative estimate of drug-likeness (QED) is 0.811. The summed E-state index contributed by atoms with van der Waals surface area (Å²) in [6.07, 6.45) is 3.26. The predicted molar refractivity (Wildman–Crippen MR) is 81.8 cm³/mol. The summed E-state index contributed by atoms with van der Waals surface area (Å²) in [5.74, 6) is 0.748. The van der Waals surface area contributed by atoms with Gasteiger partial charge in [-0.1, -0.05) is 6.42 Å². The summed E-state index contributed by atoms with van der Waals surface area (Å²) in [7, 11) is 0. The second-order valence-electron chi connectivity index (χ2n) is 5.86. The van der Waals surface area contributed by atoms with Crippen LogP contribution < -0.4 is 10.5 Å². The number of benzene rings is 1. The number of rotatable bonds is 5. The van der Waals surface area contributed by atoms with E-state index in [1.165, 1.54) is 19.3 Å². The third kappa shape index (κ3) is 4.12. The van der Waals surface area contributed by atoms with Gasteiger partial charge in [-0.15, -0.1) is 0 Å². The third-order valence-corrected chi connectivity index (χ3v) is 4.12. The lowest BCUT2D eigenvalue weighted by molar-refractivity contribution is 0.0209. The van der Waals surface area contributed by atoms with Gasteiger partial charge in [-0.2, -0.15) is 0 Å². The fourth-order valence-electron chi connectivity index (χ4n) is 2.89. The second-order valence-corrected chi connectivity index (χ2v) is 5.86. The van der Waals surface area contributed by atoms with Gasteiger partial charge < -0.3 is 15.6 Å². The van der Waals surface area contributed by atoms with Gasteiger partial charge in [0.25, 0.3) is 0 Å². The van der Waals surface area contributed by atoms with Crippen LogP contribution >= 0.6 is 0 Å². The molecular weight excluding hydrogens is 252 g/mol. The summed E-state index contributed by atoms with van der Waals surface area (Å²) in [4.78, 5) is 2.39. The van der Waals surface area contributed by atoms with Crippen LogP contribution in [0.5, 0.6) is 5.75 Å². The maximum Gasteiger partial charge on any atom is 0.119 e. The smallest absolute Gasteiger partial charge is 0.119 e. The van der Waals surface area contributed by atoms with Crippen molar-refractivity contribution in [1.29, 1.82) is 0 Å². The summed E-state index contributed by atoms with van der Waals surface area (Å²) in [6, 6.07) is 8.35. The Morgan fingerprint density at radius 1 is 1.25 bits per heavy atom. The van der Waals surface area contributed by atoms with Crippen LogP contribution in [0.4, 0.5) is 5.69 Å². The van der Waals surface area contributed by atoms with Crippen molar-refractivity contribution in [2.75, 3.05) is 18.9 Å². The van der Waals surface area contributed by atoms with Crippen LogP contribution in [0.2, 0.25) is 0 Å². The van der Waals surface area contributed by atoms with Crippen molar-refractivity contribution in [2.24, 2.45) is 0 Å². The van der Waals surface area contributed by atoms with Gasteiger partial charge in [0.05, 0.1) is 0 Å². The highest BCUT2D eigenvalue weighted by Gasteiger charge is 2.26. The maximum absolute atomic E-state index is 10.2. The van der Waals surface area contributed by atoms with E-state index in [9.17, 15) is 5.11 Å². The zero-order valence-electron chi connectivity index (χ0n) is 12.5. The average molecular weight is 278 g/mol. The van der Waals surface area contributed by atoms with E-state index in [1.54, 1.807) is 12.1 Å². The van der Waals surface area contributed by atoms with Crippen LogP contribution in [0.25, 0.3) is 0 Å². The van der Waals surface area contributed by atoms with E-state index in [4.69, 9.17) is 10.5 Å². The highest BCUT2D eigenvalue weighted by atomic mass is 16.5. The van der Waals surface area contributed by atoms with Gasteiger partial charge in [-0.05, 0) is 51.0 Å². The molecule has 1 heterocycles. The fraction of sp³-hybridized carbons (Fsp3) is 0.625. The molecule has 4 heteroatoms. The molecule has 1 saturated heterocycles. The average Bonchev–Trinajstić information content (AvgIpc) is 2.42. The molecule has 0 aliphatic carbocycles. The maximum atomic E-state index is 10.2. The molecule has 0 bridgehead atoms. The minimum Gasteiger partial charge on any atom is -0.491 e. The molecule has 0 aromatic heterocycles. The van der Waals surface area contributed by atoms with Crippen LogP contribution in [0.3, 0.4) is 0 Å². The first-order valence-corrected chi connectivity index (χ1v) is 7.48. The number of nitrogen functional groups attached to an aromatic ring is 1. The fourth-order valence-corrected chi connectivity index (χ4v) is 2.89. The van der Waals surface area contributed by atoms with Gasteiger partial charge in [0.2, 0.25) is 0 Å². The molecule has 20 heavy (non-hydrogen) atoms. The summed E-state index contributed by atoms with van der Waals surface area (Å²) < 4.78 is 5.60. The summed E-state index contributed by atoms with van der Waals surface area (Å²) in [5.41, 5.74) is 6.34. The number of hydrogen-bond acceptors (Lipinski definition) is 4. The van der Waals surface area contributed by atoms with E-state index in [0.717, 1.165) is 5.75 Å². The molecule has 0 unspecified atom stereocenters. The number of nitrogens with zero attached hydrogens (tertiary/aromatic N) is 1. The van der Waals surface area contributed by atoms with E-state index in [2.05, 4.69) is 18.7 Å². The van der Waals surface area contributed by atoms with Gasteiger partial charge in [-0.3, -0.25) is 4.90 Å². The van der Waals surface area contributed by atoms with Crippen molar-refractivity contribution in [2.45, 2.75) is 51.3 Å². The first-order valence-electron chi connectivity index (χ1n) is 7.48. The Morgan fingerprint density at radius 2 is 1.85 bits per heavy atom. The number of ether oxygens (including phenoxy) is 1. The van der Waals surface area contributed by atoms with Crippen molar-refractivity contribution in [1.82, 2.24) is 4.90 Å². The topological polar surface area (TPSA) is 58.7 Å². The minimum atomic E-state index is -0.462. The van der Waals surface area contributed by atoms with Gasteiger partial charge in [0, 0.05) is 24.3 Å². The molecule has 1 aromatic rings. The Morgan fingerprint density at radius 3 is 2.45 bits per heavy atom.